The molecule has 0 saturated heterocycles. The molecule has 2 aromatic rings. The zero-order valence-electron chi connectivity index (χ0n) is 10.1. The maximum atomic E-state index is 11.4. The number of aliphatic carboxylic acids is 2. The van der Waals surface area contributed by atoms with Crippen LogP contribution in [0.5, 0.6) is 0 Å². The Hall–Kier alpha value is -2.30. The Morgan fingerprint density at radius 2 is 1.84 bits per heavy atom. The Morgan fingerprint density at radius 1 is 1.16 bits per heavy atom. The normalized spacial score (nSPS) is 17.1. The van der Waals surface area contributed by atoms with Gasteiger partial charge in [0, 0.05) is 23.0 Å². The van der Waals surface area contributed by atoms with Crippen molar-refractivity contribution < 1.29 is 19.8 Å². The van der Waals surface area contributed by atoms with Crippen molar-refractivity contribution >= 4 is 22.8 Å². The highest BCUT2D eigenvalue weighted by atomic mass is 16.4. The lowest BCUT2D eigenvalue weighted by molar-refractivity contribution is -0.165. The fraction of sp³-hybridized carbons (Fsp3) is 0.286. The summed E-state index contributed by atoms with van der Waals surface area (Å²) in [6.07, 6.45) is 0.608. The first-order valence-electron chi connectivity index (χ1n) is 6.10. The molecule has 0 bridgehead atoms. The minimum atomic E-state index is -1.70. The van der Waals surface area contributed by atoms with Gasteiger partial charge in [0.15, 0.2) is 5.41 Å². The van der Waals surface area contributed by atoms with Gasteiger partial charge in [0.2, 0.25) is 0 Å². The number of para-hydroxylation sites is 1. The second-order valence-corrected chi connectivity index (χ2v) is 5.00. The van der Waals surface area contributed by atoms with Crippen LogP contribution in [-0.2, 0) is 22.4 Å². The number of aromatic nitrogens is 1. The van der Waals surface area contributed by atoms with E-state index < -0.39 is 17.4 Å². The maximum Gasteiger partial charge on any atom is 0.321 e. The Kier molecular flexibility index (Phi) is 2.38. The molecule has 3 N–H and O–H groups in total. The fourth-order valence-corrected chi connectivity index (χ4v) is 2.86. The number of aromatic amines is 1. The van der Waals surface area contributed by atoms with Gasteiger partial charge in [0.25, 0.3) is 0 Å². The number of carboxylic acid groups (broad SMARTS) is 2. The van der Waals surface area contributed by atoms with Crippen molar-refractivity contribution in [1.82, 2.24) is 4.98 Å². The highest BCUT2D eigenvalue weighted by Crippen LogP contribution is 2.39. The van der Waals surface area contributed by atoms with E-state index >= 15 is 0 Å². The van der Waals surface area contributed by atoms with Gasteiger partial charge in [0.1, 0.15) is 0 Å². The van der Waals surface area contributed by atoms with Crippen LogP contribution in [-0.4, -0.2) is 27.1 Å². The fourth-order valence-electron chi connectivity index (χ4n) is 2.86. The van der Waals surface area contributed by atoms with E-state index in [2.05, 4.69) is 4.98 Å². The van der Waals surface area contributed by atoms with Crippen LogP contribution in [0.1, 0.15) is 17.7 Å². The van der Waals surface area contributed by atoms with Crippen molar-refractivity contribution in [2.24, 2.45) is 5.41 Å². The summed E-state index contributed by atoms with van der Waals surface area (Å²) in [4.78, 5) is 26.0. The van der Waals surface area contributed by atoms with Crippen LogP contribution >= 0.6 is 0 Å². The molecule has 0 aliphatic heterocycles. The third-order valence-electron chi connectivity index (χ3n) is 4.00. The average Bonchev–Trinajstić information content (AvgIpc) is 2.75. The van der Waals surface area contributed by atoms with Gasteiger partial charge in [-0.25, -0.2) is 0 Å². The van der Waals surface area contributed by atoms with Gasteiger partial charge < -0.3 is 15.2 Å². The van der Waals surface area contributed by atoms with Crippen LogP contribution in [0, 0.1) is 5.41 Å². The van der Waals surface area contributed by atoms with Crippen LogP contribution in [0.4, 0.5) is 0 Å². The lowest BCUT2D eigenvalue weighted by Gasteiger charge is -2.29. The molecule has 0 atom stereocenters. The molecule has 1 aromatic heterocycles. The number of benzene rings is 1. The summed E-state index contributed by atoms with van der Waals surface area (Å²) in [7, 11) is 0. The molecule has 3 rings (SSSR count). The van der Waals surface area contributed by atoms with Crippen LogP contribution in [0.3, 0.4) is 0 Å². The maximum absolute atomic E-state index is 11.4. The Bertz CT molecular complexity index is 672. The molecule has 1 aliphatic rings. The number of aryl methyl sites for hydroxylation is 1. The van der Waals surface area contributed by atoms with Crippen LogP contribution in [0.15, 0.2) is 24.3 Å². The van der Waals surface area contributed by atoms with E-state index in [-0.39, 0.29) is 12.8 Å². The molecule has 5 heteroatoms. The van der Waals surface area contributed by atoms with Crippen molar-refractivity contribution in [1.29, 1.82) is 0 Å². The SMILES string of the molecule is O=C(O)C1(C(=O)O)CCc2[nH]c3ccccc3c2C1. The molecular formula is C14H13NO4. The molecular weight excluding hydrogens is 246 g/mol. The number of nitrogens with one attached hydrogen (secondary N) is 1. The molecule has 5 nitrogen and oxygen atoms in total. The van der Waals surface area contributed by atoms with Gasteiger partial charge >= 0.3 is 11.9 Å². The number of carbonyl (C=O) groups is 2. The molecule has 0 saturated carbocycles. The predicted octanol–water partition coefficient (Wildman–Crippen LogP) is 1.81. The van der Waals surface area contributed by atoms with Crippen molar-refractivity contribution in [3.63, 3.8) is 0 Å². The molecule has 0 amide bonds. The summed E-state index contributed by atoms with van der Waals surface area (Å²) in [6, 6.07) is 7.57. The smallest absolute Gasteiger partial charge is 0.321 e. The number of hydrogen-bond acceptors (Lipinski definition) is 2. The van der Waals surface area contributed by atoms with E-state index in [0.29, 0.717) is 6.42 Å². The molecule has 1 aliphatic carbocycles. The van der Waals surface area contributed by atoms with Gasteiger partial charge in [-0.2, -0.15) is 0 Å². The quantitative estimate of drug-likeness (QED) is 0.717. The van der Waals surface area contributed by atoms with Crippen LogP contribution in [0.2, 0.25) is 0 Å². The van der Waals surface area contributed by atoms with E-state index in [1.807, 2.05) is 24.3 Å². The molecule has 19 heavy (non-hydrogen) atoms. The van der Waals surface area contributed by atoms with Crippen molar-refractivity contribution in [2.45, 2.75) is 19.3 Å². The number of fused-ring (bicyclic) bond motifs is 3. The zero-order chi connectivity index (χ0) is 13.6. The first-order valence-corrected chi connectivity index (χ1v) is 6.10. The first kappa shape index (κ1) is 11.8. The van der Waals surface area contributed by atoms with Gasteiger partial charge in [0.05, 0.1) is 0 Å². The Labute approximate surface area is 108 Å². The molecule has 0 spiro atoms. The van der Waals surface area contributed by atoms with E-state index in [1.54, 1.807) is 0 Å². The number of H-pyrrole nitrogens is 1. The van der Waals surface area contributed by atoms with Crippen molar-refractivity contribution in [3.8, 4) is 0 Å². The number of rotatable bonds is 2. The van der Waals surface area contributed by atoms with Crippen LogP contribution in [0.25, 0.3) is 10.9 Å². The van der Waals surface area contributed by atoms with Gasteiger partial charge in [-0.05, 0) is 24.5 Å². The van der Waals surface area contributed by atoms with Gasteiger partial charge in [-0.1, -0.05) is 18.2 Å². The monoisotopic (exact) mass is 259 g/mol. The molecule has 0 fully saturated rings. The van der Waals surface area contributed by atoms with Gasteiger partial charge in [-0.15, -0.1) is 0 Å². The molecule has 0 unspecified atom stereocenters. The van der Waals surface area contributed by atoms with Gasteiger partial charge in [-0.3, -0.25) is 9.59 Å². The number of carboxylic acids is 2. The third kappa shape index (κ3) is 1.54. The molecule has 1 heterocycles. The Morgan fingerprint density at radius 3 is 2.53 bits per heavy atom. The zero-order valence-corrected chi connectivity index (χ0v) is 10.1. The number of hydrogen-bond donors (Lipinski definition) is 3. The summed E-state index contributed by atoms with van der Waals surface area (Å²) >= 11 is 0. The standard InChI is InChI=1S/C14H13NO4/c16-12(17)14(13(18)19)6-5-11-9(7-14)8-3-1-2-4-10(8)15-11/h1-4,15H,5-7H2,(H,16,17)(H,18,19). The lowest BCUT2D eigenvalue weighted by Crippen LogP contribution is -2.43. The minimum Gasteiger partial charge on any atom is -0.480 e. The topological polar surface area (TPSA) is 90.4 Å². The second-order valence-electron chi connectivity index (χ2n) is 5.00. The highest BCUT2D eigenvalue weighted by molar-refractivity contribution is 6.00. The van der Waals surface area contributed by atoms with Crippen LogP contribution < -0.4 is 0 Å². The van der Waals surface area contributed by atoms with E-state index in [4.69, 9.17) is 0 Å². The Balaban J connectivity index is 2.17. The highest BCUT2D eigenvalue weighted by Gasteiger charge is 2.49. The molecule has 0 radical (unpaired) electrons. The van der Waals surface area contributed by atoms with Crippen molar-refractivity contribution in [2.75, 3.05) is 0 Å². The predicted molar refractivity (Wildman–Crippen MR) is 68.0 cm³/mol. The van der Waals surface area contributed by atoms with Crippen molar-refractivity contribution in [3.05, 3.63) is 35.5 Å². The molecule has 1 aromatic carbocycles. The van der Waals surface area contributed by atoms with E-state index in [9.17, 15) is 19.8 Å². The van der Waals surface area contributed by atoms with E-state index in [1.165, 1.54) is 0 Å². The largest absolute Gasteiger partial charge is 0.480 e. The minimum absolute atomic E-state index is 0.0387. The van der Waals surface area contributed by atoms with E-state index in [0.717, 1.165) is 22.2 Å². The summed E-state index contributed by atoms with van der Waals surface area (Å²) in [5.41, 5.74) is 1.02. The lowest BCUT2D eigenvalue weighted by atomic mass is 9.73. The summed E-state index contributed by atoms with van der Waals surface area (Å²) in [5.74, 6) is -2.51. The summed E-state index contributed by atoms with van der Waals surface area (Å²) < 4.78 is 0. The summed E-state index contributed by atoms with van der Waals surface area (Å²) in [5, 5.41) is 19.5. The second kappa shape index (κ2) is 3.85. The average molecular weight is 259 g/mol. The third-order valence-corrected chi connectivity index (χ3v) is 4.00. The summed E-state index contributed by atoms with van der Waals surface area (Å²) in [6.45, 7) is 0. The molecule has 98 valence electrons. The first-order chi connectivity index (χ1) is 9.04.